The first-order valence-corrected chi connectivity index (χ1v) is 5.81. The van der Waals surface area contributed by atoms with Gasteiger partial charge in [-0.05, 0) is 34.1 Å². The van der Waals surface area contributed by atoms with E-state index in [4.69, 9.17) is 16.9 Å². The number of aromatic nitrogens is 2. The molecule has 0 amide bonds. The lowest BCUT2D eigenvalue weighted by Gasteiger charge is -2.05. The lowest BCUT2D eigenvalue weighted by molar-refractivity contribution is 1.15. The second kappa shape index (κ2) is 5.13. The van der Waals surface area contributed by atoms with Crippen LogP contribution in [0.1, 0.15) is 5.56 Å². The minimum absolute atomic E-state index is 0.332. The third-order valence-corrected chi connectivity index (χ3v) is 3.05. The Morgan fingerprint density at radius 1 is 1.41 bits per heavy atom. The molecule has 1 aromatic heterocycles. The Balaban J connectivity index is 2.25. The highest BCUT2D eigenvalue weighted by Gasteiger charge is 2.03. The van der Waals surface area contributed by atoms with Gasteiger partial charge in [-0.1, -0.05) is 17.7 Å². The lowest BCUT2D eigenvalue weighted by atomic mass is 10.2. The molecule has 84 valence electrons. The van der Waals surface area contributed by atoms with Crippen molar-refractivity contribution in [3.05, 3.63) is 45.7 Å². The van der Waals surface area contributed by atoms with Crippen LogP contribution < -0.4 is 5.32 Å². The molecule has 0 unspecified atom stereocenters. The van der Waals surface area contributed by atoms with Crippen LogP contribution in [-0.4, -0.2) is 9.97 Å². The molecule has 0 aliphatic heterocycles. The van der Waals surface area contributed by atoms with Crippen molar-refractivity contribution in [3.63, 3.8) is 0 Å². The van der Waals surface area contributed by atoms with Crippen molar-refractivity contribution in [3.8, 4) is 6.07 Å². The van der Waals surface area contributed by atoms with Gasteiger partial charge in [-0.15, -0.1) is 0 Å². The molecule has 0 saturated heterocycles. The van der Waals surface area contributed by atoms with E-state index < -0.39 is 0 Å². The summed E-state index contributed by atoms with van der Waals surface area (Å²) >= 11 is 9.06. The van der Waals surface area contributed by atoms with Crippen LogP contribution in [0.15, 0.2) is 34.9 Å². The van der Waals surface area contributed by atoms with Gasteiger partial charge in [0.2, 0.25) is 5.95 Å². The molecule has 4 nitrogen and oxygen atoms in total. The standard InChI is InChI=1S/C11H6BrClN4/c12-9-6-15-11(17-10(9)13)16-8-3-1-2-7(4-8)5-14/h1-4,6H,(H,15,16,17). The highest BCUT2D eigenvalue weighted by molar-refractivity contribution is 9.10. The van der Waals surface area contributed by atoms with Crippen molar-refractivity contribution in [2.24, 2.45) is 0 Å². The number of nitriles is 1. The molecule has 0 spiro atoms. The van der Waals surface area contributed by atoms with Gasteiger partial charge in [0.25, 0.3) is 0 Å². The summed E-state index contributed by atoms with van der Waals surface area (Å²) in [6.07, 6.45) is 1.56. The maximum atomic E-state index is 8.77. The average molecular weight is 310 g/mol. The molecule has 1 N–H and O–H groups in total. The normalized spacial score (nSPS) is 9.71. The molecule has 2 aromatic rings. The van der Waals surface area contributed by atoms with E-state index >= 15 is 0 Å². The Morgan fingerprint density at radius 2 is 2.24 bits per heavy atom. The number of anilines is 2. The summed E-state index contributed by atoms with van der Waals surface area (Å²) in [4.78, 5) is 8.09. The van der Waals surface area contributed by atoms with E-state index in [-0.39, 0.29) is 0 Å². The van der Waals surface area contributed by atoms with Crippen LogP contribution in [0.2, 0.25) is 5.15 Å². The fraction of sp³-hybridized carbons (Fsp3) is 0. The van der Waals surface area contributed by atoms with Gasteiger partial charge in [0.15, 0.2) is 0 Å². The summed E-state index contributed by atoms with van der Waals surface area (Å²) in [7, 11) is 0. The predicted octanol–water partition coefficient (Wildman–Crippen LogP) is 3.51. The summed E-state index contributed by atoms with van der Waals surface area (Å²) in [5.74, 6) is 0.383. The van der Waals surface area contributed by atoms with Crippen molar-refractivity contribution in [2.75, 3.05) is 5.32 Å². The summed E-state index contributed by atoms with van der Waals surface area (Å²) in [5.41, 5.74) is 1.31. The largest absolute Gasteiger partial charge is 0.324 e. The van der Waals surface area contributed by atoms with E-state index in [1.165, 1.54) is 0 Å². The molecule has 6 heteroatoms. The number of nitrogens with zero attached hydrogens (tertiary/aromatic N) is 3. The highest BCUT2D eigenvalue weighted by Crippen LogP contribution is 2.21. The summed E-state index contributed by atoms with van der Waals surface area (Å²) in [6.45, 7) is 0. The zero-order chi connectivity index (χ0) is 12.3. The topological polar surface area (TPSA) is 61.6 Å². The molecule has 0 aliphatic carbocycles. The molecule has 0 atom stereocenters. The first kappa shape index (κ1) is 11.8. The van der Waals surface area contributed by atoms with Crippen LogP contribution in [-0.2, 0) is 0 Å². The molecular weight excluding hydrogens is 304 g/mol. The second-order valence-corrected chi connectivity index (χ2v) is 4.36. The maximum Gasteiger partial charge on any atom is 0.228 e. The van der Waals surface area contributed by atoms with Crippen LogP contribution in [0.5, 0.6) is 0 Å². The second-order valence-electron chi connectivity index (χ2n) is 3.15. The van der Waals surface area contributed by atoms with Gasteiger partial charge >= 0.3 is 0 Å². The summed E-state index contributed by atoms with van der Waals surface area (Å²) in [5, 5.41) is 12.1. The summed E-state index contributed by atoms with van der Waals surface area (Å²) < 4.78 is 0.635. The van der Waals surface area contributed by atoms with Gasteiger partial charge in [-0.3, -0.25) is 0 Å². The minimum Gasteiger partial charge on any atom is -0.324 e. The third-order valence-electron chi connectivity index (χ3n) is 1.95. The minimum atomic E-state index is 0.332. The van der Waals surface area contributed by atoms with Crippen LogP contribution in [0, 0.1) is 11.3 Å². The molecule has 1 aromatic carbocycles. The number of nitrogens with one attached hydrogen (secondary N) is 1. The molecule has 17 heavy (non-hydrogen) atoms. The van der Waals surface area contributed by atoms with E-state index in [0.717, 1.165) is 5.69 Å². The fourth-order valence-electron chi connectivity index (χ4n) is 1.20. The van der Waals surface area contributed by atoms with Gasteiger partial charge in [-0.2, -0.15) is 10.2 Å². The Hall–Kier alpha value is -1.64. The molecular formula is C11H6BrClN4. The van der Waals surface area contributed by atoms with Gasteiger partial charge in [-0.25, -0.2) is 4.98 Å². The van der Waals surface area contributed by atoms with Crippen molar-refractivity contribution in [2.45, 2.75) is 0 Å². The fourth-order valence-corrected chi connectivity index (χ4v) is 1.52. The molecule has 2 rings (SSSR count). The molecule has 0 aliphatic rings. The number of halogens is 2. The van der Waals surface area contributed by atoms with Crippen molar-refractivity contribution < 1.29 is 0 Å². The van der Waals surface area contributed by atoms with Crippen LogP contribution >= 0.6 is 27.5 Å². The molecule has 0 fully saturated rings. The van der Waals surface area contributed by atoms with Crippen molar-refractivity contribution in [1.82, 2.24) is 9.97 Å². The maximum absolute atomic E-state index is 8.77. The number of hydrogen-bond donors (Lipinski definition) is 1. The van der Waals surface area contributed by atoms with Crippen molar-refractivity contribution in [1.29, 1.82) is 5.26 Å². The van der Waals surface area contributed by atoms with E-state index in [1.54, 1.807) is 24.4 Å². The number of hydrogen-bond acceptors (Lipinski definition) is 4. The van der Waals surface area contributed by atoms with Gasteiger partial charge in [0.1, 0.15) is 5.15 Å². The van der Waals surface area contributed by atoms with E-state index in [2.05, 4.69) is 37.3 Å². The van der Waals surface area contributed by atoms with Crippen LogP contribution in [0.25, 0.3) is 0 Å². The first-order chi connectivity index (χ1) is 8.19. The zero-order valence-electron chi connectivity index (χ0n) is 8.48. The average Bonchev–Trinajstić information content (AvgIpc) is 2.34. The first-order valence-electron chi connectivity index (χ1n) is 4.64. The number of benzene rings is 1. The highest BCUT2D eigenvalue weighted by atomic mass is 79.9. The quantitative estimate of drug-likeness (QED) is 0.862. The van der Waals surface area contributed by atoms with Gasteiger partial charge in [0, 0.05) is 11.9 Å². The van der Waals surface area contributed by atoms with Crippen LogP contribution in [0.3, 0.4) is 0 Å². The Labute approximate surface area is 111 Å². The van der Waals surface area contributed by atoms with E-state index in [9.17, 15) is 0 Å². The van der Waals surface area contributed by atoms with Gasteiger partial charge in [0.05, 0.1) is 16.1 Å². The summed E-state index contributed by atoms with van der Waals surface area (Å²) in [6, 6.07) is 9.09. The smallest absolute Gasteiger partial charge is 0.228 e. The number of rotatable bonds is 2. The Kier molecular flexibility index (Phi) is 3.57. The molecule has 1 heterocycles. The SMILES string of the molecule is N#Cc1cccc(Nc2ncc(Br)c(Cl)n2)c1. The molecule has 0 saturated carbocycles. The monoisotopic (exact) mass is 308 g/mol. The van der Waals surface area contributed by atoms with E-state index in [0.29, 0.717) is 21.1 Å². The Morgan fingerprint density at radius 3 is 2.94 bits per heavy atom. The predicted molar refractivity (Wildman–Crippen MR) is 69.2 cm³/mol. The zero-order valence-corrected chi connectivity index (χ0v) is 10.8. The molecule has 0 bridgehead atoms. The van der Waals surface area contributed by atoms with Gasteiger partial charge < -0.3 is 5.32 Å². The van der Waals surface area contributed by atoms with E-state index in [1.807, 2.05) is 6.07 Å². The van der Waals surface area contributed by atoms with Crippen LogP contribution in [0.4, 0.5) is 11.6 Å². The lowest BCUT2D eigenvalue weighted by Crippen LogP contribution is -1.97. The molecule has 0 radical (unpaired) electrons. The van der Waals surface area contributed by atoms with Crippen molar-refractivity contribution >= 4 is 39.2 Å². The Bertz CT molecular complexity index is 594. The third kappa shape index (κ3) is 2.93.